The summed E-state index contributed by atoms with van der Waals surface area (Å²) in [5.74, 6) is 0.902. The van der Waals surface area contributed by atoms with Gasteiger partial charge in [-0.25, -0.2) is 28.4 Å². The summed E-state index contributed by atoms with van der Waals surface area (Å²) < 4.78 is 69.0. The van der Waals surface area contributed by atoms with Gasteiger partial charge in [-0.3, -0.25) is 14.5 Å². The van der Waals surface area contributed by atoms with Gasteiger partial charge in [-0.15, -0.1) is 0 Å². The number of rotatable bonds is 13. The van der Waals surface area contributed by atoms with E-state index >= 15 is 0 Å². The van der Waals surface area contributed by atoms with E-state index < -0.39 is 27.6 Å². The third kappa shape index (κ3) is 9.52. The van der Waals surface area contributed by atoms with Crippen LogP contribution in [0.3, 0.4) is 0 Å². The highest BCUT2D eigenvalue weighted by Gasteiger charge is 2.36. The summed E-state index contributed by atoms with van der Waals surface area (Å²) in [6.45, 7) is 4.05. The summed E-state index contributed by atoms with van der Waals surface area (Å²) in [5, 5.41) is 11.4. The second-order valence-corrected chi connectivity index (χ2v) is 17.7. The van der Waals surface area contributed by atoms with Gasteiger partial charge in [0.05, 0.1) is 47.0 Å². The summed E-state index contributed by atoms with van der Waals surface area (Å²) in [6.07, 6.45) is 5.18. The average molecular weight is 897 g/mol. The fraction of sp³-hybridized carbons (Fsp3) is 0.191. The smallest absolute Gasteiger partial charge is 0.363 e. The maximum Gasteiger partial charge on any atom is 0.435 e. The number of carbonyl (C=O) groups is 1. The van der Waals surface area contributed by atoms with Crippen molar-refractivity contribution in [3.63, 3.8) is 0 Å². The predicted octanol–water partition coefficient (Wildman–Crippen LogP) is 8.60. The monoisotopic (exact) mass is 896 g/mol. The van der Waals surface area contributed by atoms with Crippen LogP contribution in [0.15, 0.2) is 128 Å². The molecular weight excluding hydrogens is 856 g/mol. The quantitative estimate of drug-likeness (QED) is 0.0814. The molecule has 1 aliphatic carbocycles. The molecule has 0 saturated heterocycles. The zero-order valence-electron chi connectivity index (χ0n) is 35.2. The number of carbonyl (C=O) groups excluding carboxylic acids is 1. The maximum atomic E-state index is 13.7. The number of hydrogen-bond donors (Lipinski definition) is 4. The first kappa shape index (κ1) is 42.7. The number of hydrogen-bond acceptors (Lipinski definition) is 11. The van der Waals surface area contributed by atoms with E-state index in [1.807, 2.05) is 76.9 Å². The SMILES string of the molecule is CC(Nc1ncnc2ccc(-c3cnc(C(F)(F)F)c(NS(C)(=O)=O)c3)cc12)c1ccc(-[n+]2cnc(N[C@H](C)c3ccccc3)c3cc(-c4cncc(C(=O)NC5CC5)n4)ccc32)cc1. The minimum atomic E-state index is -4.88. The predicted molar refractivity (Wildman–Crippen MR) is 242 cm³/mol. The van der Waals surface area contributed by atoms with Crippen molar-refractivity contribution in [2.24, 2.45) is 0 Å². The van der Waals surface area contributed by atoms with Gasteiger partial charge in [0.15, 0.2) is 5.69 Å². The van der Waals surface area contributed by atoms with Crippen LogP contribution in [-0.4, -0.2) is 56.5 Å². The molecule has 65 heavy (non-hydrogen) atoms. The van der Waals surface area contributed by atoms with Crippen molar-refractivity contribution in [3.8, 4) is 28.1 Å². The standard InChI is InChI=1S/C47H40F3N11O3S/c1-27(29-7-5-4-6-8-29)57-45-37-20-32(40-23-51-24-41(59-40)46(62)58-34-13-14-34)12-18-42(37)61(26-55-45)35-15-9-30(10-16-35)28(2)56-44-36-19-31(11-17-38(36)53-25-54-44)33-21-39(60-65(3,63)64)43(52-22-33)47(48,49)50/h4-12,15-28,34,60H,13-14H2,1-3H3,(H2,53,54,56,58,62)/p+1/t27-,28?/m1/s1. The van der Waals surface area contributed by atoms with Gasteiger partial charge in [-0.1, -0.05) is 48.5 Å². The number of alkyl halides is 3. The van der Waals surface area contributed by atoms with Gasteiger partial charge in [-0.2, -0.15) is 17.7 Å². The highest BCUT2D eigenvalue weighted by atomic mass is 32.2. The number of aromatic nitrogens is 7. The van der Waals surface area contributed by atoms with E-state index in [9.17, 15) is 26.4 Å². The van der Waals surface area contributed by atoms with Crippen molar-refractivity contribution < 1.29 is 31.0 Å². The van der Waals surface area contributed by atoms with Crippen molar-refractivity contribution in [2.45, 2.75) is 51.0 Å². The fourth-order valence-electron chi connectivity index (χ4n) is 7.48. The Labute approximate surface area is 371 Å². The van der Waals surface area contributed by atoms with E-state index in [2.05, 4.69) is 59.9 Å². The largest absolute Gasteiger partial charge is 0.435 e. The molecule has 1 aliphatic rings. The molecule has 4 aromatic heterocycles. The average Bonchev–Trinajstić information content (AvgIpc) is 4.12. The van der Waals surface area contributed by atoms with Crippen LogP contribution in [0.5, 0.6) is 0 Å². The Hall–Kier alpha value is -7.60. The van der Waals surface area contributed by atoms with Gasteiger partial charge in [0.2, 0.25) is 10.0 Å². The summed E-state index contributed by atoms with van der Waals surface area (Å²) >= 11 is 0. The third-order valence-electron chi connectivity index (χ3n) is 11.0. The summed E-state index contributed by atoms with van der Waals surface area (Å²) in [7, 11) is -4.04. The van der Waals surface area contributed by atoms with Crippen LogP contribution in [0, 0.1) is 0 Å². The van der Waals surface area contributed by atoms with Gasteiger partial charge in [0.25, 0.3) is 18.1 Å². The highest BCUT2D eigenvalue weighted by Crippen LogP contribution is 2.37. The molecule has 1 amide bonds. The molecular formula is C47H41F3N11O3S+. The van der Waals surface area contributed by atoms with Crippen molar-refractivity contribution in [2.75, 3.05) is 21.6 Å². The Bertz CT molecular complexity index is 3210. The number of benzene rings is 4. The maximum absolute atomic E-state index is 13.7. The zero-order chi connectivity index (χ0) is 45.5. The van der Waals surface area contributed by atoms with E-state index in [1.165, 1.54) is 12.5 Å². The van der Waals surface area contributed by atoms with Crippen LogP contribution in [0.25, 0.3) is 49.9 Å². The van der Waals surface area contributed by atoms with Crippen LogP contribution < -0.4 is 25.2 Å². The molecule has 0 radical (unpaired) electrons. The van der Waals surface area contributed by atoms with Crippen LogP contribution in [0.2, 0.25) is 0 Å². The molecule has 2 atom stereocenters. The number of sulfonamides is 1. The van der Waals surface area contributed by atoms with Crippen LogP contribution in [0.1, 0.15) is 66.1 Å². The summed E-state index contributed by atoms with van der Waals surface area (Å²) in [6, 6.07) is 30.1. The lowest BCUT2D eigenvalue weighted by atomic mass is 10.0. The fourth-order valence-corrected chi connectivity index (χ4v) is 8.04. The molecule has 1 saturated carbocycles. The Kier molecular flexibility index (Phi) is 11.3. The second kappa shape index (κ2) is 17.2. The number of anilines is 3. The Balaban J connectivity index is 1.01. The van der Waals surface area contributed by atoms with E-state index in [-0.39, 0.29) is 35.3 Å². The van der Waals surface area contributed by atoms with Crippen LogP contribution in [-0.2, 0) is 16.2 Å². The van der Waals surface area contributed by atoms with E-state index in [1.54, 1.807) is 30.7 Å². The lowest BCUT2D eigenvalue weighted by Crippen LogP contribution is -2.32. The first-order valence-electron chi connectivity index (χ1n) is 20.6. The lowest BCUT2D eigenvalue weighted by Gasteiger charge is -2.17. The molecule has 4 heterocycles. The molecule has 0 spiro atoms. The number of fused-ring (bicyclic) bond motifs is 2. The van der Waals surface area contributed by atoms with E-state index in [4.69, 9.17) is 4.98 Å². The molecule has 1 fully saturated rings. The minimum absolute atomic E-state index is 0.0635. The molecule has 1 unspecified atom stereocenters. The summed E-state index contributed by atoms with van der Waals surface area (Å²) in [5.41, 5.74) is 4.60. The molecule has 9 rings (SSSR count). The molecule has 8 aromatic rings. The minimum Gasteiger partial charge on any atom is -0.363 e. The Morgan fingerprint density at radius 1 is 0.754 bits per heavy atom. The topological polar surface area (TPSA) is 181 Å². The number of pyridine rings is 1. The van der Waals surface area contributed by atoms with E-state index in [0.717, 1.165) is 64.6 Å². The van der Waals surface area contributed by atoms with Crippen LogP contribution >= 0.6 is 0 Å². The van der Waals surface area contributed by atoms with Crippen molar-refractivity contribution in [1.82, 2.24) is 35.2 Å². The number of nitrogens with one attached hydrogen (secondary N) is 4. The molecule has 0 aliphatic heterocycles. The third-order valence-corrected chi connectivity index (χ3v) is 11.6. The molecule has 14 nitrogen and oxygen atoms in total. The van der Waals surface area contributed by atoms with Crippen molar-refractivity contribution in [3.05, 3.63) is 151 Å². The summed E-state index contributed by atoms with van der Waals surface area (Å²) in [4.78, 5) is 39.2. The molecule has 4 aromatic carbocycles. The number of amides is 1. The van der Waals surface area contributed by atoms with Gasteiger partial charge in [-0.05, 0) is 96.9 Å². The Morgan fingerprint density at radius 2 is 1.45 bits per heavy atom. The second-order valence-electron chi connectivity index (χ2n) is 15.9. The van der Waals surface area contributed by atoms with Crippen LogP contribution in [0.4, 0.5) is 30.5 Å². The molecule has 0 bridgehead atoms. The van der Waals surface area contributed by atoms with Crippen molar-refractivity contribution >= 4 is 55.1 Å². The molecule has 328 valence electrons. The normalized spacial score (nSPS) is 13.9. The van der Waals surface area contributed by atoms with Gasteiger partial charge in [0.1, 0.15) is 29.0 Å². The first-order chi connectivity index (χ1) is 31.2. The highest BCUT2D eigenvalue weighted by molar-refractivity contribution is 7.92. The van der Waals surface area contributed by atoms with E-state index in [0.29, 0.717) is 33.8 Å². The van der Waals surface area contributed by atoms with Crippen molar-refractivity contribution in [1.29, 1.82) is 0 Å². The zero-order valence-corrected chi connectivity index (χ0v) is 36.0. The van der Waals surface area contributed by atoms with Gasteiger partial charge < -0.3 is 16.0 Å². The first-order valence-corrected chi connectivity index (χ1v) is 22.5. The Morgan fingerprint density at radius 3 is 2.15 bits per heavy atom. The molecule has 4 N–H and O–H groups in total. The van der Waals surface area contributed by atoms with Gasteiger partial charge >= 0.3 is 6.18 Å². The number of nitrogens with zero attached hydrogens (tertiary/aromatic N) is 7. The van der Waals surface area contributed by atoms with Gasteiger partial charge in [0, 0.05) is 34.8 Å². The number of halogens is 3. The molecule has 18 heteroatoms. The lowest BCUT2D eigenvalue weighted by molar-refractivity contribution is -0.570.